The second-order valence-corrected chi connectivity index (χ2v) is 4.69. The number of hydrogen-bond acceptors (Lipinski definition) is 3. The Morgan fingerprint density at radius 2 is 2.17 bits per heavy atom. The van der Waals surface area contributed by atoms with Gasteiger partial charge in [0.2, 0.25) is 0 Å². The van der Waals surface area contributed by atoms with Crippen LogP contribution in [0.3, 0.4) is 0 Å². The molecular formula is C14H19NO3. The van der Waals surface area contributed by atoms with Gasteiger partial charge >= 0.3 is 5.97 Å². The summed E-state index contributed by atoms with van der Waals surface area (Å²) in [6.45, 7) is 2.76. The van der Waals surface area contributed by atoms with Crippen LogP contribution in [0.15, 0.2) is 30.3 Å². The predicted octanol–water partition coefficient (Wildman–Crippen LogP) is 1.97. The molecule has 1 aliphatic heterocycles. The monoisotopic (exact) mass is 249 g/mol. The number of nitrogens with one attached hydrogen (secondary N) is 1. The van der Waals surface area contributed by atoms with Crippen molar-refractivity contribution in [3.05, 3.63) is 35.9 Å². The highest BCUT2D eigenvalue weighted by atomic mass is 16.5. The maximum Gasteiger partial charge on any atom is 0.325 e. The van der Waals surface area contributed by atoms with Gasteiger partial charge in [-0.25, -0.2) is 0 Å². The molecule has 0 radical (unpaired) electrons. The van der Waals surface area contributed by atoms with Gasteiger partial charge in [-0.3, -0.25) is 10.1 Å². The van der Waals surface area contributed by atoms with E-state index in [1.807, 2.05) is 37.3 Å². The van der Waals surface area contributed by atoms with E-state index in [9.17, 15) is 9.90 Å². The summed E-state index contributed by atoms with van der Waals surface area (Å²) >= 11 is 0. The van der Waals surface area contributed by atoms with Crippen LogP contribution in [0.1, 0.15) is 31.4 Å². The van der Waals surface area contributed by atoms with Crippen LogP contribution < -0.4 is 5.32 Å². The average Bonchev–Trinajstić information content (AvgIpc) is 2.90. The minimum absolute atomic E-state index is 0.0359. The lowest BCUT2D eigenvalue weighted by Crippen LogP contribution is -2.42. The Hall–Kier alpha value is -1.39. The lowest BCUT2D eigenvalue weighted by atomic mass is 10.0. The van der Waals surface area contributed by atoms with Gasteiger partial charge in [0.1, 0.15) is 6.04 Å². The van der Waals surface area contributed by atoms with Gasteiger partial charge in [-0.05, 0) is 25.3 Å². The fourth-order valence-corrected chi connectivity index (χ4v) is 2.32. The van der Waals surface area contributed by atoms with Crippen molar-refractivity contribution in [2.75, 3.05) is 6.61 Å². The summed E-state index contributed by atoms with van der Waals surface area (Å²) in [7, 11) is 0. The van der Waals surface area contributed by atoms with Gasteiger partial charge in [0, 0.05) is 12.6 Å². The van der Waals surface area contributed by atoms with E-state index < -0.39 is 12.0 Å². The van der Waals surface area contributed by atoms with Crippen molar-refractivity contribution in [1.29, 1.82) is 0 Å². The van der Waals surface area contributed by atoms with Crippen LogP contribution in [0.2, 0.25) is 0 Å². The number of carboxylic acid groups (broad SMARTS) is 1. The summed E-state index contributed by atoms with van der Waals surface area (Å²) in [6, 6.07) is 8.60. The number of rotatable bonds is 5. The highest BCUT2D eigenvalue weighted by Gasteiger charge is 2.27. The molecule has 3 atom stereocenters. The Kier molecular flexibility index (Phi) is 4.33. The lowest BCUT2D eigenvalue weighted by molar-refractivity contribution is -0.140. The van der Waals surface area contributed by atoms with E-state index in [-0.39, 0.29) is 12.1 Å². The van der Waals surface area contributed by atoms with Crippen molar-refractivity contribution in [2.24, 2.45) is 0 Å². The zero-order valence-corrected chi connectivity index (χ0v) is 10.5. The molecule has 2 rings (SSSR count). The molecule has 18 heavy (non-hydrogen) atoms. The fraction of sp³-hybridized carbons (Fsp3) is 0.500. The first-order valence-corrected chi connectivity index (χ1v) is 6.34. The highest BCUT2D eigenvalue weighted by molar-refractivity contribution is 5.75. The number of carboxylic acids is 1. The van der Waals surface area contributed by atoms with E-state index >= 15 is 0 Å². The number of benzene rings is 1. The van der Waals surface area contributed by atoms with Crippen molar-refractivity contribution >= 4 is 5.97 Å². The SMILES string of the molecule is CC(NC(C(=O)O)c1ccccc1)C1CCCO1. The summed E-state index contributed by atoms with van der Waals surface area (Å²) < 4.78 is 5.58. The number of ether oxygens (including phenoxy) is 1. The van der Waals surface area contributed by atoms with Crippen LogP contribution >= 0.6 is 0 Å². The topological polar surface area (TPSA) is 58.6 Å². The maximum absolute atomic E-state index is 11.3. The van der Waals surface area contributed by atoms with Gasteiger partial charge < -0.3 is 9.84 Å². The van der Waals surface area contributed by atoms with Gasteiger partial charge in [-0.2, -0.15) is 0 Å². The van der Waals surface area contributed by atoms with Crippen molar-refractivity contribution in [2.45, 2.75) is 38.0 Å². The molecule has 1 aromatic carbocycles. The quantitative estimate of drug-likeness (QED) is 0.837. The molecule has 0 spiro atoms. The van der Waals surface area contributed by atoms with Gasteiger partial charge in [-0.1, -0.05) is 30.3 Å². The largest absolute Gasteiger partial charge is 0.480 e. The molecule has 98 valence electrons. The van der Waals surface area contributed by atoms with Gasteiger partial charge in [0.25, 0.3) is 0 Å². The smallest absolute Gasteiger partial charge is 0.325 e. The summed E-state index contributed by atoms with van der Waals surface area (Å²) in [5.41, 5.74) is 0.773. The molecule has 0 amide bonds. The molecule has 4 nitrogen and oxygen atoms in total. The molecule has 0 saturated carbocycles. The Morgan fingerprint density at radius 3 is 2.72 bits per heavy atom. The van der Waals surface area contributed by atoms with Gasteiger partial charge in [-0.15, -0.1) is 0 Å². The molecule has 0 aromatic heterocycles. The van der Waals surface area contributed by atoms with E-state index in [4.69, 9.17) is 4.74 Å². The Labute approximate surface area is 107 Å². The van der Waals surface area contributed by atoms with Crippen molar-refractivity contribution < 1.29 is 14.6 Å². The molecule has 3 unspecified atom stereocenters. The molecular weight excluding hydrogens is 230 g/mol. The minimum Gasteiger partial charge on any atom is -0.480 e. The number of aliphatic carboxylic acids is 1. The summed E-state index contributed by atoms with van der Waals surface area (Å²) in [6.07, 6.45) is 2.17. The van der Waals surface area contributed by atoms with Crippen molar-refractivity contribution in [1.82, 2.24) is 5.32 Å². The standard InChI is InChI=1S/C14H19NO3/c1-10(12-8-5-9-18-12)15-13(14(16)17)11-6-3-2-4-7-11/h2-4,6-7,10,12-13,15H,5,8-9H2,1H3,(H,16,17). The molecule has 4 heteroatoms. The molecule has 0 bridgehead atoms. The fourth-order valence-electron chi connectivity index (χ4n) is 2.32. The van der Waals surface area contributed by atoms with Crippen LogP contribution in [0.25, 0.3) is 0 Å². The van der Waals surface area contributed by atoms with Crippen LogP contribution in [0.5, 0.6) is 0 Å². The van der Waals surface area contributed by atoms with E-state index in [1.54, 1.807) is 0 Å². The molecule has 2 N–H and O–H groups in total. The second kappa shape index (κ2) is 5.98. The average molecular weight is 249 g/mol. The van der Waals surface area contributed by atoms with Crippen molar-refractivity contribution in [3.63, 3.8) is 0 Å². The molecule has 1 fully saturated rings. The Bertz CT molecular complexity index is 387. The Morgan fingerprint density at radius 1 is 1.44 bits per heavy atom. The van der Waals surface area contributed by atoms with E-state index in [0.717, 1.165) is 25.0 Å². The Balaban J connectivity index is 2.04. The molecule has 0 aliphatic carbocycles. The zero-order chi connectivity index (χ0) is 13.0. The lowest BCUT2D eigenvalue weighted by Gasteiger charge is -2.24. The number of hydrogen-bond donors (Lipinski definition) is 2. The summed E-state index contributed by atoms with van der Waals surface area (Å²) in [4.78, 5) is 11.3. The van der Waals surface area contributed by atoms with Crippen LogP contribution in [0.4, 0.5) is 0 Å². The number of carbonyl (C=O) groups is 1. The third-order valence-corrected chi connectivity index (χ3v) is 3.33. The zero-order valence-electron chi connectivity index (χ0n) is 10.5. The first-order chi connectivity index (χ1) is 8.68. The highest BCUT2D eigenvalue weighted by Crippen LogP contribution is 2.19. The minimum atomic E-state index is -0.856. The summed E-state index contributed by atoms with van der Waals surface area (Å²) in [5.74, 6) is -0.856. The molecule has 1 aromatic rings. The van der Waals surface area contributed by atoms with E-state index in [1.165, 1.54) is 0 Å². The third kappa shape index (κ3) is 3.09. The van der Waals surface area contributed by atoms with Crippen molar-refractivity contribution in [3.8, 4) is 0 Å². The third-order valence-electron chi connectivity index (χ3n) is 3.33. The van der Waals surface area contributed by atoms with Gasteiger partial charge in [0.15, 0.2) is 0 Å². The van der Waals surface area contributed by atoms with Crippen LogP contribution in [-0.2, 0) is 9.53 Å². The maximum atomic E-state index is 11.3. The molecule has 1 saturated heterocycles. The second-order valence-electron chi connectivity index (χ2n) is 4.69. The molecule has 1 heterocycles. The van der Waals surface area contributed by atoms with Crippen LogP contribution in [0, 0.1) is 0 Å². The summed E-state index contributed by atoms with van der Waals surface area (Å²) in [5, 5.41) is 12.5. The first kappa shape index (κ1) is 13.1. The van der Waals surface area contributed by atoms with Crippen LogP contribution in [-0.4, -0.2) is 29.8 Å². The predicted molar refractivity (Wildman–Crippen MR) is 68.4 cm³/mol. The van der Waals surface area contributed by atoms with Gasteiger partial charge in [0.05, 0.1) is 6.10 Å². The first-order valence-electron chi connectivity index (χ1n) is 6.34. The normalized spacial score (nSPS) is 22.6. The van der Waals surface area contributed by atoms with E-state index in [2.05, 4.69) is 5.32 Å². The molecule has 1 aliphatic rings. The van der Waals surface area contributed by atoms with E-state index in [0.29, 0.717) is 0 Å².